The third-order valence-electron chi connectivity index (χ3n) is 2.09. The molecule has 1 aromatic rings. The Bertz CT molecular complexity index is 433. The molecule has 0 N–H and O–H groups in total. The van der Waals surface area contributed by atoms with E-state index in [0.29, 0.717) is 0 Å². The zero-order chi connectivity index (χ0) is 11.6. The molecule has 0 saturated carbocycles. The van der Waals surface area contributed by atoms with Crippen LogP contribution in [0.1, 0.15) is 11.1 Å². The predicted octanol–water partition coefficient (Wildman–Crippen LogP) is 1.49. The number of hydrogen-bond acceptors (Lipinski definition) is 3. The molecule has 0 spiro atoms. The number of aryl methyl sites for hydroxylation is 2. The van der Waals surface area contributed by atoms with Crippen molar-refractivity contribution in [3.8, 4) is 0 Å². The quantitative estimate of drug-likeness (QED) is 0.738. The summed E-state index contributed by atoms with van der Waals surface area (Å²) in [5.41, 5.74) is 1.83. The van der Waals surface area contributed by atoms with Crippen molar-refractivity contribution in [2.24, 2.45) is 0 Å². The SMILES string of the molecule is CON(C)S(=O)(=O)c1cc(C)cc(C)c1. The van der Waals surface area contributed by atoms with Gasteiger partial charge in [0, 0.05) is 7.05 Å². The lowest BCUT2D eigenvalue weighted by Crippen LogP contribution is -2.25. The van der Waals surface area contributed by atoms with E-state index in [-0.39, 0.29) is 4.90 Å². The summed E-state index contributed by atoms with van der Waals surface area (Å²) in [6.07, 6.45) is 0. The van der Waals surface area contributed by atoms with Gasteiger partial charge >= 0.3 is 0 Å². The van der Waals surface area contributed by atoms with Crippen LogP contribution < -0.4 is 0 Å². The van der Waals surface area contributed by atoms with E-state index in [9.17, 15) is 8.42 Å². The molecule has 0 aliphatic carbocycles. The van der Waals surface area contributed by atoms with Crippen molar-refractivity contribution in [1.29, 1.82) is 0 Å². The fourth-order valence-corrected chi connectivity index (χ4v) is 2.49. The van der Waals surface area contributed by atoms with Crippen LogP contribution in [-0.4, -0.2) is 27.0 Å². The van der Waals surface area contributed by atoms with Crippen molar-refractivity contribution in [3.05, 3.63) is 29.3 Å². The van der Waals surface area contributed by atoms with E-state index in [4.69, 9.17) is 4.84 Å². The van der Waals surface area contributed by atoms with Gasteiger partial charge in [0.05, 0.1) is 12.0 Å². The zero-order valence-electron chi connectivity index (χ0n) is 9.31. The zero-order valence-corrected chi connectivity index (χ0v) is 10.1. The van der Waals surface area contributed by atoms with Gasteiger partial charge in [0.1, 0.15) is 0 Å². The topological polar surface area (TPSA) is 46.6 Å². The molecular weight excluding hydrogens is 214 g/mol. The van der Waals surface area contributed by atoms with Gasteiger partial charge in [-0.15, -0.1) is 0 Å². The summed E-state index contributed by atoms with van der Waals surface area (Å²) in [5.74, 6) is 0. The summed E-state index contributed by atoms with van der Waals surface area (Å²) in [4.78, 5) is 4.95. The molecule has 0 aliphatic rings. The molecule has 15 heavy (non-hydrogen) atoms. The van der Waals surface area contributed by atoms with Crippen LogP contribution in [0.3, 0.4) is 0 Å². The van der Waals surface area contributed by atoms with Crippen LogP contribution in [0, 0.1) is 13.8 Å². The van der Waals surface area contributed by atoms with Crippen molar-refractivity contribution in [3.63, 3.8) is 0 Å². The average Bonchev–Trinajstić information content (AvgIpc) is 2.15. The highest BCUT2D eigenvalue weighted by atomic mass is 32.2. The maximum atomic E-state index is 11.9. The normalized spacial score (nSPS) is 12.1. The third kappa shape index (κ3) is 2.56. The Morgan fingerprint density at radius 2 is 1.60 bits per heavy atom. The highest BCUT2D eigenvalue weighted by Gasteiger charge is 2.20. The van der Waals surface area contributed by atoms with Gasteiger partial charge in [-0.2, -0.15) is 0 Å². The molecule has 0 amide bonds. The van der Waals surface area contributed by atoms with E-state index < -0.39 is 10.0 Å². The van der Waals surface area contributed by atoms with Crippen molar-refractivity contribution in [2.75, 3.05) is 14.2 Å². The smallest absolute Gasteiger partial charge is 0.264 e. The number of hydroxylamine groups is 1. The summed E-state index contributed by atoms with van der Waals surface area (Å²) in [6.45, 7) is 3.72. The van der Waals surface area contributed by atoms with E-state index in [2.05, 4.69) is 0 Å². The molecule has 0 unspecified atom stereocenters. The van der Waals surface area contributed by atoms with Crippen molar-refractivity contribution in [1.82, 2.24) is 4.47 Å². The molecular formula is C10H15NO3S. The van der Waals surface area contributed by atoms with E-state index in [1.54, 1.807) is 12.1 Å². The van der Waals surface area contributed by atoms with Crippen LogP contribution in [0.15, 0.2) is 23.1 Å². The molecule has 4 nitrogen and oxygen atoms in total. The summed E-state index contributed by atoms with van der Waals surface area (Å²) < 4.78 is 24.6. The van der Waals surface area contributed by atoms with E-state index in [1.807, 2.05) is 19.9 Å². The summed E-state index contributed by atoms with van der Waals surface area (Å²) in [6, 6.07) is 5.17. The monoisotopic (exact) mass is 229 g/mol. The minimum atomic E-state index is -3.52. The lowest BCUT2D eigenvalue weighted by atomic mass is 10.2. The summed E-state index contributed by atoms with van der Waals surface area (Å²) >= 11 is 0. The Labute approximate surface area is 90.5 Å². The Kier molecular flexibility index (Phi) is 3.49. The van der Waals surface area contributed by atoms with E-state index >= 15 is 0 Å². The van der Waals surface area contributed by atoms with Crippen LogP contribution in [0.2, 0.25) is 0 Å². The van der Waals surface area contributed by atoms with Crippen molar-refractivity contribution in [2.45, 2.75) is 18.7 Å². The lowest BCUT2D eigenvalue weighted by Gasteiger charge is -2.14. The first kappa shape index (κ1) is 12.2. The van der Waals surface area contributed by atoms with Crippen LogP contribution >= 0.6 is 0 Å². The van der Waals surface area contributed by atoms with Crippen LogP contribution in [-0.2, 0) is 14.9 Å². The Morgan fingerprint density at radius 3 is 2.00 bits per heavy atom. The maximum absolute atomic E-state index is 11.9. The Morgan fingerprint density at radius 1 is 1.13 bits per heavy atom. The largest absolute Gasteiger partial charge is 0.288 e. The number of nitrogens with zero attached hydrogens (tertiary/aromatic N) is 1. The first-order valence-electron chi connectivity index (χ1n) is 4.49. The van der Waals surface area contributed by atoms with Crippen LogP contribution in [0.25, 0.3) is 0 Å². The number of benzene rings is 1. The van der Waals surface area contributed by atoms with Gasteiger partial charge in [0.25, 0.3) is 10.0 Å². The Balaban J connectivity index is 3.27. The van der Waals surface area contributed by atoms with Crippen molar-refractivity contribution < 1.29 is 13.3 Å². The minimum Gasteiger partial charge on any atom is -0.288 e. The van der Waals surface area contributed by atoms with Gasteiger partial charge in [-0.25, -0.2) is 8.42 Å². The minimum absolute atomic E-state index is 0.254. The molecule has 0 bridgehead atoms. The van der Waals surface area contributed by atoms with E-state index in [0.717, 1.165) is 15.6 Å². The number of rotatable bonds is 3. The van der Waals surface area contributed by atoms with Gasteiger partial charge in [0.2, 0.25) is 0 Å². The molecule has 0 aromatic heterocycles. The van der Waals surface area contributed by atoms with Crippen molar-refractivity contribution >= 4 is 10.0 Å². The molecule has 0 saturated heterocycles. The second kappa shape index (κ2) is 4.30. The Hall–Kier alpha value is -0.910. The molecule has 0 radical (unpaired) electrons. The van der Waals surface area contributed by atoms with Crippen LogP contribution in [0.4, 0.5) is 0 Å². The second-order valence-corrected chi connectivity index (χ2v) is 5.36. The molecule has 0 atom stereocenters. The predicted molar refractivity (Wildman–Crippen MR) is 57.9 cm³/mol. The van der Waals surface area contributed by atoms with Gasteiger partial charge in [-0.05, 0) is 37.1 Å². The highest BCUT2D eigenvalue weighted by Crippen LogP contribution is 2.17. The molecule has 84 valence electrons. The molecule has 5 heteroatoms. The molecule has 0 fully saturated rings. The molecule has 0 aliphatic heterocycles. The first-order chi connectivity index (χ1) is 6.87. The fraction of sp³-hybridized carbons (Fsp3) is 0.400. The van der Waals surface area contributed by atoms with Gasteiger partial charge in [-0.1, -0.05) is 10.5 Å². The first-order valence-corrected chi connectivity index (χ1v) is 5.93. The fourth-order valence-electron chi connectivity index (χ4n) is 1.33. The summed E-state index contributed by atoms with van der Waals surface area (Å²) in [7, 11) is -0.835. The molecule has 1 rings (SSSR count). The third-order valence-corrected chi connectivity index (χ3v) is 3.75. The van der Waals surface area contributed by atoms with Gasteiger partial charge < -0.3 is 0 Å². The highest BCUT2D eigenvalue weighted by molar-refractivity contribution is 7.89. The second-order valence-electron chi connectivity index (χ2n) is 3.42. The molecule has 1 aromatic carbocycles. The lowest BCUT2D eigenvalue weighted by molar-refractivity contribution is -0.0258. The van der Waals surface area contributed by atoms with Gasteiger partial charge in [-0.3, -0.25) is 4.84 Å². The number of hydrogen-bond donors (Lipinski definition) is 0. The average molecular weight is 229 g/mol. The van der Waals surface area contributed by atoms with Gasteiger partial charge in [0.15, 0.2) is 0 Å². The van der Waals surface area contributed by atoms with Crippen LogP contribution in [0.5, 0.6) is 0 Å². The number of sulfonamides is 1. The van der Waals surface area contributed by atoms with E-state index in [1.165, 1.54) is 14.2 Å². The molecule has 0 heterocycles. The maximum Gasteiger partial charge on any atom is 0.264 e. The standard InChI is InChI=1S/C10H15NO3S/c1-8-5-9(2)7-10(6-8)15(12,13)11(3)14-4/h5-7H,1-4H3. The summed E-state index contributed by atoms with van der Waals surface area (Å²) in [5, 5.41) is 0.